The molecule has 5 heteroatoms. The summed E-state index contributed by atoms with van der Waals surface area (Å²) in [5.74, 6) is 0.568. The number of hydrogen-bond donors (Lipinski definition) is 2. The van der Waals surface area contributed by atoms with Crippen LogP contribution in [0.15, 0.2) is 36.4 Å². The Labute approximate surface area is 145 Å². The van der Waals surface area contributed by atoms with Gasteiger partial charge >= 0.3 is 0 Å². The summed E-state index contributed by atoms with van der Waals surface area (Å²) in [6.45, 7) is 1.68. The van der Waals surface area contributed by atoms with E-state index < -0.39 is 18.0 Å². The first-order valence-electron chi connectivity index (χ1n) is 8.28. The molecular weight excluding hydrogens is 320 g/mol. The van der Waals surface area contributed by atoms with E-state index in [-0.39, 0.29) is 12.2 Å². The molecule has 2 aliphatic rings. The summed E-state index contributed by atoms with van der Waals surface area (Å²) < 4.78 is 11.2. The van der Waals surface area contributed by atoms with Gasteiger partial charge in [-0.2, -0.15) is 0 Å². The molecule has 4 rings (SSSR count). The lowest BCUT2D eigenvalue weighted by molar-refractivity contribution is -0.109. The van der Waals surface area contributed by atoms with E-state index in [1.165, 1.54) is 0 Å². The van der Waals surface area contributed by atoms with Crippen LogP contribution in [0.1, 0.15) is 58.4 Å². The summed E-state index contributed by atoms with van der Waals surface area (Å²) in [7, 11) is 1.58. The monoisotopic (exact) mass is 340 g/mol. The summed E-state index contributed by atoms with van der Waals surface area (Å²) >= 11 is 0. The fourth-order valence-electron chi connectivity index (χ4n) is 3.84. The quantitative estimate of drug-likeness (QED) is 0.879. The standard InChI is InChI=1S/C20H20O5/c1-20(23)9-12-7-6-11(8-14(12)15(21)10-20)18-17-13(19(22)25-18)4-3-5-16(17)24-2/h3-8,18-19,22-23H,9-10H2,1-2H3. The van der Waals surface area contributed by atoms with Gasteiger partial charge in [0.15, 0.2) is 12.1 Å². The van der Waals surface area contributed by atoms with Crippen molar-refractivity contribution in [3.05, 3.63) is 64.2 Å². The third kappa shape index (κ3) is 2.65. The maximum absolute atomic E-state index is 12.4. The number of fused-ring (bicyclic) bond motifs is 2. The SMILES string of the molecule is COc1cccc2c1C(c1ccc3c(c1)C(=O)CC(C)(O)C3)OC2O. The van der Waals surface area contributed by atoms with Gasteiger partial charge in [0.1, 0.15) is 11.9 Å². The summed E-state index contributed by atoms with van der Waals surface area (Å²) in [6, 6.07) is 11.0. The van der Waals surface area contributed by atoms with Crippen LogP contribution in [0, 0.1) is 0 Å². The zero-order valence-electron chi connectivity index (χ0n) is 14.2. The van der Waals surface area contributed by atoms with Gasteiger partial charge in [0.25, 0.3) is 0 Å². The number of benzene rings is 2. The van der Waals surface area contributed by atoms with Crippen LogP contribution in [0.4, 0.5) is 0 Å². The normalized spacial score (nSPS) is 27.8. The number of rotatable bonds is 2. The van der Waals surface area contributed by atoms with Crippen molar-refractivity contribution in [2.45, 2.75) is 37.8 Å². The fraction of sp³-hybridized carbons (Fsp3) is 0.350. The van der Waals surface area contributed by atoms with Gasteiger partial charge < -0.3 is 19.7 Å². The molecule has 0 spiro atoms. The van der Waals surface area contributed by atoms with Crippen molar-refractivity contribution in [2.24, 2.45) is 0 Å². The van der Waals surface area contributed by atoms with Crippen LogP contribution in [0.25, 0.3) is 0 Å². The molecular formula is C20H20O5. The van der Waals surface area contributed by atoms with Gasteiger partial charge in [-0.25, -0.2) is 0 Å². The molecule has 5 nitrogen and oxygen atoms in total. The average molecular weight is 340 g/mol. The Morgan fingerprint density at radius 2 is 2.04 bits per heavy atom. The summed E-state index contributed by atoms with van der Waals surface area (Å²) in [5, 5.41) is 20.4. The average Bonchev–Trinajstić information content (AvgIpc) is 2.91. The number of Topliss-reactive ketones (excluding diaryl/α,β-unsaturated/α-hetero) is 1. The predicted octanol–water partition coefficient (Wildman–Crippen LogP) is 2.69. The molecule has 25 heavy (non-hydrogen) atoms. The van der Waals surface area contributed by atoms with E-state index in [4.69, 9.17) is 9.47 Å². The molecule has 2 aromatic rings. The van der Waals surface area contributed by atoms with E-state index in [2.05, 4.69) is 0 Å². The predicted molar refractivity (Wildman–Crippen MR) is 90.6 cm³/mol. The van der Waals surface area contributed by atoms with Crippen molar-refractivity contribution < 1.29 is 24.5 Å². The first-order chi connectivity index (χ1) is 11.9. The van der Waals surface area contributed by atoms with Crippen LogP contribution in [-0.4, -0.2) is 28.7 Å². The minimum Gasteiger partial charge on any atom is -0.496 e. The smallest absolute Gasteiger partial charge is 0.182 e. The van der Waals surface area contributed by atoms with Gasteiger partial charge in [0.2, 0.25) is 0 Å². The van der Waals surface area contributed by atoms with E-state index >= 15 is 0 Å². The largest absolute Gasteiger partial charge is 0.496 e. The molecule has 3 atom stereocenters. The molecule has 0 radical (unpaired) electrons. The fourth-order valence-corrected chi connectivity index (χ4v) is 3.84. The first kappa shape index (κ1) is 16.3. The van der Waals surface area contributed by atoms with Crippen LogP contribution >= 0.6 is 0 Å². The molecule has 0 saturated carbocycles. The first-order valence-corrected chi connectivity index (χ1v) is 8.28. The van der Waals surface area contributed by atoms with Crippen molar-refractivity contribution in [1.82, 2.24) is 0 Å². The Morgan fingerprint density at radius 3 is 2.80 bits per heavy atom. The Kier molecular flexibility index (Phi) is 3.68. The molecule has 2 aromatic carbocycles. The highest BCUT2D eigenvalue weighted by Crippen LogP contribution is 2.46. The molecule has 0 saturated heterocycles. The Morgan fingerprint density at radius 1 is 1.24 bits per heavy atom. The molecule has 0 fully saturated rings. The molecule has 1 heterocycles. The molecule has 0 bridgehead atoms. The topological polar surface area (TPSA) is 76.0 Å². The van der Waals surface area contributed by atoms with Crippen molar-refractivity contribution in [1.29, 1.82) is 0 Å². The third-order valence-electron chi connectivity index (χ3n) is 4.96. The minimum absolute atomic E-state index is 0.0769. The zero-order chi connectivity index (χ0) is 17.8. The number of carbonyl (C=O) groups excluding carboxylic acids is 1. The Bertz CT molecular complexity index is 855. The zero-order valence-corrected chi connectivity index (χ0v) is 14.2. The number of carbonyl (C=O) groups is 1. The highest BCUT2D eigenvalue weighted by Gasteiger charge is 2.37. The van der Waals surface area contributed by atoms with E-state index in [1.807, 2.05) is 36.4 Å². The van der Waals surface area contributed by atoms with Crippen molar-refractivity contribution >= 4 is 5.78 Å². The maximum Gasteiger partial charge on any atom is 0.182 e. The number of aliphatic hydroxyl groups excluding tert-OH is 1. The lowest BCUT2D eigenvalue weighted by atomic mass is 9.79. The van der Waals surface area contributed by atoms with E-state index in [0.29, 0.717) is 23.3 Å². The molecule has 1 aliphatic heterocycles. The molecule has 3 unspecified atom stereocenters. The highest BCUT2D eigenvalue weighted by atomic mass is 16.6. The van der Waals surface area contributed by atoms with E-state index in [9.17, 15) is 15.0 Å². The summed E-state index contributed by atoms with van der Waals surface area (Å²) in [6.07, 6.45) is -0.968. The van der Waals surface area contributed by atoms with Crippen LogP contribution in [0.3, 0.4) is 0 Å². The summed E-state index contributed by atoms with van der Waals surface area (Å²) in [4.78, 5) is 12.4. The lowest BCUT2D eigenvalue weighted by Gasteiger charge is -2.29. The molecule has 0 aromatic heterocycles. The second kappa shape index (κ2) is 5.66. The number of ether oxygens (including phenoxy) is 2. The molecule has 1 aliphatic carbocycles. The van der Waals surface area contributed by atoms with E-state index in [0.717, 1.165) is 16.7 Å². The van der Waals surface area contributed by atoms with Gasteiger partial charge in [-0.05, 0) is 30.2 Å². The van der Waals surface area contributed by atoms with Gasteiger partial charge in [-0.3, -0.25) is 4.79 Å². The molecule has 0 amide bonds. The number of ketones is 1. The number of aliphatic hydroxyl groups is 2. The molecule has 130 valence electrons. The Hall–Kier alpha value is -2.21. The number of methoxy groups -OCH3 is 1. The summed E-state index contributed by atoms with van der Waals surface area (Å²) in [5.41, 5.74) is 2.70. The van der Waals surface area contributed by atoms with Crippen LogP contribution in [0.5, 0.6) is 5.75 Å². The number of hydrogen-bond acceptors (Lipinski definition) is 5. The van der Waals surface area contributed by atoms with Crippen LogP contribution in [-0.2, 0) is 11.2 Å². The minimum atomic E-state index is -1.03. The Balaban J connectivity index is 1.79. The third-order valence-corrected chi connectivity index (χ3v) is 4.96. The second-order valence-corrected chi connectivity index (χ2v) is 7.02. The van der Waals surface area contributed by atoms with Crippen molar-refractivity contribution in [3.63, 3.8) is 0 Å². The molecule has 2 N–H and O–H groups in total. The van der Waals surface area contributed by atoms with Gasteiger partial charge in [-0.15, -0.1) is 0 Å². The van der Waals surface area contributed by atoms with Crippen LogP contribution in [0.2, 0.25) is 0 Å². The van der Waals surface area contributed by atoms with Crippen LogP contribution < -0.4 is 4.74 Å². The second-order valence-electron chi connectivity index (χ2n) is 7.02. The van der Waals surface area contributed by atoms with Gasteiger partial charge in [0.05, 0.1) is 12.7 Å². The highest BCUT2D eigenvalue weighted by molar-refractivity contribution is 5.99. The lowest BCUT2D eigenvalue weighted by Crippen LogP contribution is -2.35. The maximum atomic E-state index is 12.4. The van der Waals surface area contributed by atoms with Gasteiger partial charge in [-0.1, -0.05) is 24.3 Å². The van der Waals surface area contributed by atoms with Crippen molar-refractivity contribution in [3.8, 4) is 5.75 Å². The van der Waals surface area contributed by atoms with Gasteiger partial charge in [0, 0.05) is 29.5 Å². The van der Waals surface area contributed by atoms with Crippen molar-refractivity contribution in [2.75, 3.05) is 7.11 Å². The van der Waals surface area contributed by atoms with E-state index in [1.54, 1.807) is 14.0 Å².